The van der Waals surface area contributed by atoms with Crippen LogP contribution in [0.25, 0.3) is 0 Å². The van der Waals surface area contributed by atoms with E-state index in [1.54, 1.807) is 0 Å². The molecule has 0 saturated carbocycles. The number of aryl methyl sites for hydroxylation is 1. The maximum atomic E-state index is 13.4. The molecule has 1 heterocycles. The van der Waals surface area contributed by atoms with Crippen LogP contribution in [0, 0.1) is 12.7 Å². The molecule has 0 aliphatic rings. The van der Waals surface area contributed by atoms with Crippen molar-refractivity contribution in [1.29, 1.82) is 0 Å². The number of carbonyl (C=O) groups excluding carboxylic acids is 1. The average molecular weight is 320 g/mol. The number of aromatic amines is 1. The molecule has 0 spiro atoms. The van der Waals surface area contributed by atoms with Crippen molar-refractivity contribution in [2.24, 2.45) is 5.73 Å². The molecule has 1 atom stereocenters. The first kappa shape index (κ1) is 17.0. The number of nitrogens with zero attached hydrogens (tertiary/aromatic N) is 1. The quantitative estimate of drug-likeness (QED) is 0.722. The smallest absolute Gasteiger partial charge is 0.255 e. The average Bonchev–Trinajstić information content (AvgIpc) is 2.90. The van der Waals surface area contributed by atoms with Crippen LogP contribution in [-0.2, 0) is 6.42 Å². The second-order valence-corrected chi connectivity index (χ2v) is 5.40. The Kier molecular flexibility index (Phi) is 5.70. The highest BCUT2D eigenvalue weighted by Gasteiger charge is 2.17. The molecule has 6 nitrogen and oxygen atoms in total. The Morgan fingerprint density at radius 1 is 1.48 bits per heavy atom. The number of nitrogens with one attached hydrogen (secondary N) is 2. The fourth-order valence-corrected chi connectivity index (χ4v) is 2.22. The van der Waals surface area contributed by atoms with Crippen LogP contribution < -0.4 is 15.8 Å². The fourth-order valence-electron chi connectivity index (χ4n) is 2.22. The van der Waals surface area contributed by atoms with Gasteiger partial charge in [-0.1, -0.05) is 0 Å². The van der Waals surface area contributed by atoms with Gasteiger partial charge in [-0.3, -0.25) is 9.89 Å². The van der Waals surface area contributed by atoms with Gasteiger partial charge in [0, 0.05) is 24.7 Å². The largest absolute Gasteiger partial charge is 0.491 e. The van der Waals surface area contributed by atoms with E-state index in [1.807, 2.05) is 19.9 Å². The summed E-state index contributed by atoms with van der Waals surface area (Å²) in [6.45, 7) is 4.34. The lowest BCUT2D eigenvalue weighted by molar-refractivity contribution is 0.0935. The van der Waals surface area contributed by atoms with Crippen LogP contribution in [0.2, 0.25) is 0 Å². The standard InChI is InChI=1S/C16H21FN4O2/c1-10(7-13-8-11(2)20-21-13)19-16(22)14-9-12(17)3-4-15(14)23-6-5-18/h3-4,8-10H,5-7,18H2,1-2H3,(H,19,22)(H,20,21). The Morgan fingerprint density at radius 2 is 2.26 bits per heavy atom. The van der Waals surface area contributed by atoms with Crippen LogP contribution in [0.3, 0.4) is 0 Å². The number of amides is 1. The summed E-state index contributed by atoms with van der Waals surface area (Å²) in [6, 6.07) is 5.60. The van der Waals surface area contributed by atoms with Crippen molar-refractivity contribution >= 4 is 5.91 Å². The van der Waals surface area contributed by atoms with E-state index in [2.05, 4.69) is 15.5 Å². The zero-order chi connectivity index (χ0) is 16.8. The third kappa shape index (κ3) is 4.79. The Hall–Kier alpha value is -2.41. The summed E-state index contributed by atoms with van der Waals surface area (Å²) in [6.07, 6.45) is 0.574. The number of rotatable bonds is 7. The number of hydrogen-bond donors (Lipinski definition) is 3. The van der Waals surface area contributed by atoms with Gasteiger partial charge in [-0.25, -0.2) is 4.39 Å². The molecule has 0 aliphatic heterocycles. The molecule has 1 amide bonds. The molecule has 0 radical (unpaired) electrons. The maximum absolute atomic E-state index is 13.4. The van der Waals surface area contributed by atoms with E-state index >= 15 is 0 Å². The third-order valence-electron chi connectivity index (χ3n) is 3.21. The lowest BCUT2D eigenvalue weighted by Gasteiger charge is -2.15. The SMILES string of the molecule is Cc1cc(CC(C)NC(=O)c2cc(F)ccc2OCCN)n[nH]1. The van der Waals surface area contributed by atoms with Gasteiger partial charge in [0.25, 0.3) is 5.91 Å². The van der Waals surface area contributed by atoms with Crippen molar-refractivity contribution in [3.8, 4) is 5.75 Å². The Morgan fingerprint density at radius 3 is 2.91 bits per heavy atom. The minimum atomic E-state index is -0.495. The number of H-pyrrole nitrogens is 1. The highest BCUT2D eigenvalue weighted by Crippen LogP contribution is 2.20. The Balaban J connectivity index is 2.05. The van der Waals surface area contributed by atoms with Crippen molar-refractivity contribution in [3.05, 3.63) is 47.0 Å². The van der Waals surface area contributed by atoms with Gasteiger partial charge < -0.3 is 15.8 Å². The lowest BCUT2D eigenvalue weighted by atomic mass is 10.1. The van der Waals surface area contributed by atoms with Crippen molar-refractivity contribution in [2.75, 3.05) is 13.2 Å². The van der Waals surface area contributed by atoms with E-state index in [0.717, 1.165) is 17.5 Å². The van der Waals surface area contributed by atoms with Crippen LogP contribution in [0.1, 0.15) is 28.7 Å². The van der Waals surface area contributed by atoms with E-state index in [0.29, 0.717) is 18.7 Å². The Labute approximate surface area is 134 Å². The van der Waals surface area contributed by atoms with Crippen molar-refractivity contribution in [1.82, 2.24) is 15.5 Å². The molecule has 7 heteroatoms. The molecule has 1 aromatic heterocycles. The number of halogens is 1. The van der Waals surface area contributed by atoms with E-state index in [4.69, 9.17) is 10.5 Å². The van der Waals surface area contributed by atoms with Crippen LogP contribution in [0.5, 0.6) is 5.75 Å². The van der Waals surface area contributed by atoms with Gasteiger partial charge in [0.1, 0.15) is 18.2 Å². The van der Waals surface area contributed by atoms with Gasteiger partial charge in [0.15, 0.2) is 0 Å². The van der Waals surface area contributed by atoms with Crippen molar-refractivity contribution < 1.29 is 13.9 Å². The number of nitrogens with two attached hydrogens (primary N) is 1. The van der Waals surface area contributed by atoms with Gasteiger partial charge in [-0.05, 0) is 38.1 Å². The first-order valence-corrected chi connectivity index (χ1v) is 7.43. The lowest BCUT2D eigenvalue weighted by Crippen LogP contribution is -2.34. The minimum Gasteiger partial charge on any atom is -0.491 e. The summed E-state index contributed by atoms with van der Waals surface area (Å²) in [5.41, 5.74) is 7.36. The van der Waals surface area contributed by atoms with Crippen LogP contribution in [0.4, 0.5) is 4.39 Å². The van der Waals surface area contributed by atoms with E-state index in [9.17, 15) is 9.18 Å². The zero-order valence-electron chi connectivity index (χ0n) is 13.2. The Bertz CT molecular complexity index is 672. The molecule has 4 N–H and O–H groups in total. The zero-order valence-corrected chi connectivity index (χ0v) is 13.2. The van der Waals surface area contributed by atoms with Gasteiger partial charge >= 0.3 is 0 Å². The van der Waals surface area contributed by atoms with E-state index in [1.165, 1.54) is 12.1 Å². The second-order valence-electron chi connectivity index (χ2n) is 5.40. The molecule has 0 aliphatic carbocycles. The number of carbonyl (C=O) groups is 1. The molecular formula is C16H21FN4O2. The van der Waals surface area contributed by atoms with Crippen LogP contribution in [-0.4, -0.2) is 35.3 Å². The molecular weight excluding hydrogens is 299 g/mol. The topological polar surface area (TPSA) is 93.0 Å². The summed E-state index contributed by atoms with van der Waals surface area (Å²) in [4.78, 5) is 12.4. The number of benzene rings is 1. The monoisotopic (exact) mass is 320 g/mol. The molecule has 1 aromatic carbocycles. The molecule has 0 saturated heterocycles. The van der Waals surface area contributed by atoms with Gasteiger partial charge in [0.2, 0.25) is 0 Å². The molecule has 0 bridgehead atoms. The molecule has 1 unspecified atom stereocenters. The van der Waals surface area contributed by atoms with E-state index < -0.39 is 11.7 Å². The molecule has 2 aromatic rings. The highest BCUT2D eigenvalue weighted by atomic mass is 19.1. The van der Waals surface area contributed by atoms with E-state index in [-0.39, 0.29) is 18.2 Å². The predicted molar refractivity (Wildman–Crippen MR) is 84.9 cm³/mol. The summed E-state index contributed by atoms with van der Waals surface area (Å²) in [5, 5.41) is 9.81. The highest BCUT2D eigenvalue weighted by molar-refractivity contribution is 5.97. The second kappa shape index (κ2) is 7.73. The third-order valence-corrected chi connectivity index (χ3v) is 3.21. The normalized spacial score (nSPS) is 12.0. The summed E-state index contributed by atoms with van der Waals surface area (Å²) in [7, 11) is 0. The predicted octanol–water partition coefficient (Wildman–Crippen LogP) is 1.56. The molecule has 23 heavy (non-hydrogen) atoms. The summed E-state index contributed by atoms with van der Waals surface area (Å²) in [5.74, 6) is -0.570. The number of hydrogen-bond acceptors (Lipinski definition) is 4. The fraction of sp³-hybridized carbons (Fsp3) is 0.375. The minimum absolute atomic E-state index is 0.156. The van der Waals surface area contributed by atoms with Crippen LogP contribution >= 0.6 is 0 Å². The maximum Gasteiger partial charge on any atom is 0.255 e. The van der Waals surface area contributed by atoms with Gasteiger partial charge in [-0.2, -0.15) is 5.10 Å². The molecule has 124 valence electrons. The van der Waals surface area contributed by atoms with Crippen molar-refractivity contribution in [3.63, 3.8) is 0 Å². The summed E-state index contributed by atoms with van der Waals surface area (Å²) >= 11 is 0. The molecule has 0 fully saturated rings. The first-order valence-electron chi connectivity index (χ1n) is 7.43. The number of ether oxygens (including phenoxy) is 1. The van der Waals surface area contributed by atoms with Gasteiger partial charge in [-0.15, -0.1) is 0 Å². The summed E-state index contributed by atoms with van der Waals surface area (Å²) < 4.78 is 18.8. The number of aromatic nitrogens is 2. The first-order chi connectivity index (χ1) is 11.0. The van der Waals surface area contributed by atoms with Crippen molar-refractivity contribution in [2.45, 2.75) is 26.3 Å². The van der Waals surface area contributed by atoms with Crippen LogP contribution in [0.15, 0.2) is 24.3 Å². The molecule has 2 rings (SSSR count). The van der Waals surface area contributed by atoms with Gasteiger partial charge in [0.05, 0.1) is 11.3 Å².